The van der Waals surface area contributed by atoms with E-state index in [0.717, 1.165) is 46.7 Å². The lowest BCUT2D eigenvalue weighted by Gasteiger charge is -2.11. The largest absolute Gasteiger partial charge is 0.367 e. The molecule has 1 aliphatic rings. The Bertz CT molecular complexity index is 976. The van der Waals surface area contributed by atoms with Gasteiger partial charge in [0, 0.05) is 29.9 Å². The molecule has 0 saturated heterocycles. The van der Waals surface area contributed by atoms with Crippen molar-refractivity contribution in [2.75, 3.05) is 11.9 Å². The number of hydrogen-bond donors (Lipinski definition) is 2. The van der Waals surface area contributed by atoms with Gasteiger partial charge in [0.15, 0.2) is 11.5 Å². The van der Waals surface area contributed by atoms with E-state index in [1.165, 1.54) is 0 Å². The van der Waals surface area contributed by atoms with Gasteiger partial charge in [-0.25, -0.2) is 9.97 Å². The third-order valence-corrected chi connectivity index (χ3v) is 4.88. The van der Waals surface area contributed by atoms with Crippen LogP contribution < -0.4 is 10.6 Å². The van der Waals surface area contributed by atoms with Crippen LogP contribution in [-0.4, -0.2) is 32.9 Å². The number of rotatable bonds is 6. The van der Waals surface area contributed by atoms with E-state index >= 15 is 0 Å². The molecule has 4 rings (SSSR count). The highest BCUT2D eigenvalue weighted by Crippen LogP contribution is 2.26. The molecular formula is C20H22BrN5O. The zero-order valence-electron chi connectivity index (χ0n) is 15.4. The fourth-order valence-electron chi connectivity index (χ4n) is 2.88. The first-order chi connectivity index (χ1) is 13.0. The van der Waals surface area contributed by atoms with E-state index in [0.29, 0.717) is 17.5 Å². The average Bonchev–Trinajstić information content (AvgIpc) is 3.36. The minimum atomic E-state index is -0.00527. The third-order valence-electron chi connectivity index (χ3n) is 4.50. The molecule has 0 radical (unpaired) electrons. The molecule has 2 N–H and O–H groups in total. The molecule has 0 bridgehead atoms. The van der Waals surface area contributed by atoms with Gasteiger partial charge >= 0.3 is 0 Å². The number of nitrogens with zero attached hydrogens (tertiary/aromatic N) is 3. The lowest BCUT2D eigenvalue weighted by molar-refractivity contribution is 0.0951. The van der Waals surface area contributed by atoms with Crippen molar-refractivity contribution in [3.8, 4) is 11.3 Å². The maximum absolute atomic E-state index is 12.2. The molecule has 1 amide bonds. The second-order valence-corrected chi connectivity index (χ2v) is 8.16. The summed E-state index contributed by atoms with van der Waals surface area (Å²) in [4.78, 5) is 21.2. The van der Waals surface area contributed by atoms with Gasteiger partial charge < -0.3 is 10.6 Å². The predicted octanol–water partition coefficient (Wildman–Crippen LogP) is 4.12. The zero-order valence-corrected chi connectivity index (χ0v) is 17.0. The maximum Gasteiger partial charge on any atom is 0.251 e. The first-order valence-corrected chi connectivity index (χ1v) is 9.99. The van der Waals surface area contributed by atoms with E-state index < -0.39 is 0 Å². The van der Waals surface area contributed by atoms with Gasteiger partial charge in [0.1, 0.15) is 4.60 Å². The molecule has 0 aliphatic heterocycles. The molecule has 27 heavy (non-hydrogen) atoms. The fraction of sp³-hybridized carbons (Fsp3) is 0.350. The maximum atomic E-state index is 12.2. The van der Waals surface area contributed by atoms with Crippen molar-refractivity contribution in [2.24, 2.45) is 5.92 Å². The molecule has 1 saturated carbocycles. The number of carbonyl (C=O) groups is 1. The summed E-state index contributed by atoms with van der Waals surface area (Å²) in [6.45, 7) is 5.13. The summed E-state index contributed by atoms with van der Waals surface area (Å²) in [6, 6.07) is 8.00. The van der Waals surface area contributed by atoms with Crippen LogP contribution in [0, 0.1) is 5.92 Å². The number of hydrogen-bond acceptors (Lipinski definition) is 4. The van der Waals surface area contributed by atoms with Gasteiger partial charge in [-0.15, -0.1) is 0 Å². The van der Waals surface area contributed by atoms with E-state index in [1.54, 1.807) is 0 Å². The Balaban J connectivity index is 1.64. The molecule has 7 heteroatoms. The number of halogens is 1. The number of carbonyl (C=O) groups excluding carboxylic acids is 1. The Kier molecular flexibility index (Phi) is 4.86. The Labute approximate surface area is 166 Å². The first kappa shape index (κ1) is 18.0. The first-order valence-electron chi connectivity index (χ1n) is 9.20. The summed E-state index contributed by atoms with van der Waals surface area (Å²) < 4.78 is 2.75. The van der Waals surface area contributed by atoms with Crippen molar-refractivity contribution in [1.29, 1.82) is 0 Å². The average molecular weight is 428 g/mol. The second kappa shape index (κ2) is 7.31. The van der Waals surface area contributed by atoms with Gasteiger partial charge in [0.2, 0.25) is 0 Å². The highest BCUT2D eigenvalue weighted by Gasteiger charge is 2.23. The number of aromatic nitrogens is 3. The lowest BCUT2D eigenvalue weighted by atomic mass is 10.1. The normalized spacial score (nSPS) is 13.9. The number of anilines is 1. The van der Waals surface area contributed by atoms with Crippen LogP contribution in [0.3, 0.4) is 0 Å². The van der Waals surface area contributed by atoms with Crippen molar-refractivity contribution in [3.63, 3.8) is 0 Å². The van der Waals surface area contributed by atoms with Gasteiger partial charge in [0.25, 0.3) is 5.91 Å². The Morgan fingerprint density at radius 2 is 2.04 bits per heavy atom. The van der Waals surface area contributed by atoms with Crippen LogP contribution in [0.4, 0.5) is 5.82 Å². The topological polar surface area (TPSA) is 71.3 Å². The molecule has 6 nitrogen and oxygen atoms in total. The Morgan fingerprint density at radius 1 is 1.30 bits per heavy atom. The van der Waals surface area contributed by atoms with Crippen LogP contribution in [-0.2, 0) is 0 Å². The number of benzene rings is 1. The fourth-order valence-corrected chi connectivity index (χ4v) is 3.26. The van der Waals surface area contributed by atoms with Crippen molar-refractivity contribution in [1.82, 2.24) is 19.7 Å². The second-order valence-electron chi connectivity index (χ2n) is 7.35. The van der Waals surface area contributed by atoms with Crippen molar-refractivity contribution >= 4 is 33.3 Å². The quantitative estimate of drug-likeness (QED) is 0.620. The number of nitrogens with one attached hydrogen (secondary N) is 2. The van der Waals surface area contributed by atoms with Crippen molar-refractivity contribution in [2.45, 2.75) is 32.7 Å². The van der Waals surface area contributed by atoms with Crippen LogP contribution in [0.25, 0.3) is 16.9 Å². The van der Waals surface area contributed by atoms with Gasteiger partial charge in [-0.1, -0.05) is 26.0 Å². The summed E-state index contributed by atoms with van der Waals surface area (Å²) in [5.41, 5.74) is 3.42. The van der Waals surface area contributed by atoms with Crippen molar-refractivity contribution in [3.05, 3.63) is 46.8 Å². The number of amides is 1. The minimum Gasteiger partial charge on any atom is -0.367 e. The molecule has 140 valence electrons. The number of fused-ring (bicyclic) bond motifs is 1. The molecule has 1 aromatic carbocycles. The minimum absolute atomic E-state index is 0.00527. The molecule has 1 aliphatic carbocycles. The summed E-state index contributed by atoms with van der Waals surface area (Å²) >= 11 is 3.49. The molecule has 0 unspecified atom stereocenters. The molecular weight excluding hydrogens is 406 g/mol. The van der Waals surface area contributed by atoms with Gasteiger partial charge in [-0.3, -0.25) is 9.20 Å². The summed E-state index contributed by atoms with van der Waals surface area (Å²) in [5, 5.41) is 6.38. The highest BCUT2D eigenvalue weighted by atomic mass is 79.9. The summed E-state index contributed by atoms with van der Waals surface area (Å²) in [5.74, 6) is 1.26. The predicted molar refractivity (Wildman–Crippen MR) is 110 cm³/mol. The highest BCUT2D eigenvalue weighted by molar-refractivity contribution is 9.10. The molecule has 0 spiro atoms. The van der Waals surface area contributed by atoms with Crippen LogP contribution in [0.2, 0.25) is 0 Å². The van der Waals surface area contributed by atoms with Crippen LogP contribution in [0.5, 0.6) is 0 Å². The molecule has 0 atom stereocenters. The molecule has 2 aromatic heterocycles. The van der Waals surface area contributed by atoms with Crippen molar-refractivity contribution < 1.29 is 4.79 Å². The van der Waals surface area contributed by atoms with E-state index in [-0.39, 0.29) is 5.91 Å². The van der Waals surface area contributed by atoms with Gasteiger partial charge in [-0.2, -0.15) is 0 Å². The number of imidazole rings is 1. The van der Waals surface area contributed by atoms with Crippen LogP contribution >= 0.6 is 15.9 Å². The third kappa shape index (κ3) is 3.98. The van der Waals surface area contributed by atoms with Crippen LogP contribution in [0.1, 0.15) is 37.0 Å². The summed E-state index contributed by atoms with van der Waals surface area (Å²) in [7, 11) is 0. The molecule has 1 fully saturated rings. The van der Waals surface area contributed by atoms with E-state index in [9.17, 15) is 4.79 Å². The zero-order chi connectivity index (χ0) is 19.0. The molecule has 2 heterocycles. The lowest BCUT2D eigenvalue weighted by Crippen LogP contribution is -2.25. The SMILES string of the molecule is CC(C)CNc1nc(Br)cn2c(-c3ccc(C(=O)NC4CC4)cc3)cnc12. The Morgan fingerprint density at radius 3 is 2.70 bits per heavy atom. The molecule has 3 aromatic rings. The van der Waals surface area contributed by atoms with E-state index in [2.05, 4.69) is 50.4 Å². The van der Waals surface area contributed by atoms with Gasteiger partial charge in [0.05, 0.1) is 11.9 Å². The monoisotopic (exact) mass is 427 g/mol. The smallest absolute Gasteiger partial charge is 0.251 e. The van der Waals surface area contributed by atoms with E-state index in [1.807, 2.05) is 41.1 Å². The van der Waals surface area contributed by atoms with Gasteiger partial charge in [-0.05, 0) is 46.8 Å². The Hall–Kier alpha value is -2.41. The van der Waals surface area contributed by atoms with Crippen LogP contribution in [0.15, 0.2) is 41.3 Å². The standard InChI is InChI=1S/C20H22BrN5O/c1-12(2)9-22-18-19-23-10-16(26(19)11-17(21)25-18)13-3-5-14(6-4-13)20(27)24-15-7-8-15/h3-6,10-12,15H,7-9H2,1-2H3,(H,22,25)(H,24,27). The summed E-state index contributed by atoms with van der Waals surface area (Å²) in [6.07, 6.45) is 5.92. The van der Waals surface area contributed by atoms with E-state index in [4.69, 9.17) is 0 Å².